The van der Waals surface area contributed by atoms with Crippen molar-refractivity contribution in [2.75, 3.05) is 26.0 Å². The van der Waals surface area contributed by atoms with Gasteiger partial charge in [-0.2, -0.15) is 0 Å². The topological polar surface area (TPSA) is 63.2 Å². The van der Waals surface area contributed by atoms with Gasteiger partial charge in [-0.25, -0.2) is 4.98 Å². The highest BCUT2D eigenvalue weighted by Crippen LogP contribution is 2.16. The molecule has 1 aromatic heterocycles. The predicted molar refractivity (Wildman–Crippen MR) is 67.6 cm³/mol. The third kappa shape index (κ3) is 3.87. The summed E-state index contributed by atoms with van der Waals surface area (Å²) in [6.45, 7) is 2.27. The van der Waals surface area contributed by atoms with Crippen LogP contribution in [0.15, 0.2) is 12.1 Å². The lowest BCUT2D eigenvalue weighted by atomic mass is 10.3. The van der Waals surface area contributed by atoms with Crippen LogP contribution in [0, 0.1) is 0 Å². The van der Waals surface area contributed by atoms with E-state index in [1.807, 2.05) is 6.92 Å². The molecular weight excluding hydrogens is 242 g/mol. The number of hydrogen-bond donors (Lipinski definition) is 2. The van der Waals surface area contributed by atoms with Crippen molar-refractivity contribution in [3.63, 3.8) is 0 Å². The van der Waals surface area contributed by atoms with Gasteiger partial charge in [-0.15, -0.1) is 0 Å². The fraction of sp³-hybridized carbons (Fsp3) is 0.455. The third-order valence-corrected chi connectivity index (χ3v) is 2.57. The summed E-state index contributed by atoms with van der Waals surface area (Å²) in [7, 11) is 3.31. The van der Waals surface area contributed by atoms with Gasteiger partial charge in [-0.1, -0.05) is 11.6 Å². The van der Waals surface area contributed by atoms with Crippen molar-refractivity contribution in [2.24, 2.45) is 0 Å². The molecule has 1 atom stereocenters. The summed E-state index contributed by atoms with van der Waals surface area (Å²) in [5, 5.41) is 5.88. The molecule has 17 heavy (non-hydrogen) atoms. The highest BCUT2D eigenvalue weighted by Gasteiger charge is 2.13. The highest BCUT2D eigenvalue weighted by molar-refractivity contribution is 6.33. The number of pyridine rings is 1. The van der Waals surface area contributed by atoms with Gasteiger partial charge in [0.1, 0.15) is 11.5 Å². The number of ether oxygens (including phenoxy) is 1. The second-order valence-corrected chi connectivity index (χ2v) is 3.94. The van der Waals surface area contributed by atoms with Crippen molar-refractivity contribution < 1.29 is 9.53 Å². The van der Waals surface area contributed by atoms with Crippen LogP contribution in [0.5, 0.6) is 0 Å². The molecule has 0 saturated carbocycles. The Morgan fingerprint density at radius 1 is 1.59 bits per heavy atom. The average Bonchev–Trinajstić information content (AvgIpc) is 2.36. The first kappa shape index (κ1) is 13.7. The smallest absolute Gasteiger partial charge is 0.271 e. The standard InChI is InChI=1S/C11H16ClN3O2/c1-7(17-3)6-14-11(16)10-8(12)4-5-9(13-2)15-10/h4-5,7H,6H2,1-3H3,(H,13,15)(H,14,16). The zero-order valence-corrected chi connectivity index (χ0v) is 10.8. The molecule has 0 bridgehead atoms. The van der Waals surface area contributed by atoms with Crippen molar-refractivity contribution in [3.05, 3.63) is 22.8 Å². The molecule has 0 saturated heterocycles. The Balaban J connectivity index is 2.74. The van der Waals surface area contributed by atoms with E-state index in [2.05, 4.69) is 15.6 Å². The van der Waals surface area contributed by atoms with Crippen LogP contribution in [0.3, 0.4) is 0 Å². The maximum Gasteiger partial charge on any atom is 0.271 e. The number of rotatable bonds is 5. The van der Waals surface area contributed by atoms with Crippen molar-refractivity contribution in [2.45, 2.75) is 13.0 Å². The molecule has 0 aliphatic carbocycles. The van der Waals surface area contributed by atoms with E-state index in [9.17, 15) is 4.79 Å². The first-order valence-corrected chi connectivity index (χ1v) is 5.61. The number of nitrogens with one attached hydrogen (secondary N) is 2. The summed E-state index contributed by atoms with van der Waals surface area (Å²) in [4.78, 5) is 15.9. The Labute approximate surface area is 106 Å². The first-order chi connectivity index (χ1) is 8.08. The van der Waals surface area contributed by atoms with Crippen LogP contribution in [-0.2, 0) is 4.74 Å². The minimum absolute atomic E-state index is 0.0507. The lowest BCUT2D eigenvalue weighted by Gasteiger charge is -2.11. The fourth-order valence-electron chi connectivity index (χ4n) is 1.14. The molecule has 2 N–H and O–H groups in total. The minimum atomic E-state index is -0.309. The molecule has 0 aliphatic heterocycles. The Morgan fingerprint density at radius 3 is 2.88 bits per heavy atom. The van der Waals surface area contributed by atoms with E-state index in [0.717, 1.165) is 0 Å². The molecule has 0 aliphatic rings. The summed E-state index contributed by atoms with van der Waals surface area (Å²) < 4.78 is 5.03. The van der Waals surface area contributed by atoms with Gasteiger partial charge in [0.05, 0.1) is 11.1 Å². The number of hydrogen-bond acceptors (Lipinski definition) is 4. The van der Waals surface area contributed by atoms with E-state index >= 15 is 0 Å². The van der Waals surface area contributed by atoms with Crippen LogP contribution >= 0.6 is 11.6 Å². The first-order valence-electron chi connectivity index (χ1n) is 5.23. The van der Waals surface area contributed by atoms with Crippen molar-refractivity contribution in [3.8, 4) is 0 Å². The van der Waals surface area contributed by atoms with Crippen molar-refractivity contribution >= 4 is 23.3 Å². The molecule has 0 aromatic carbocycles. The van der Waals surface area contributed by atoms with Gasteiger partial charge >= 0.3 is 0 Å². The number of aromatic nitrogens is 1. The molecule has 94 valence electrons. The molecule has 0 fully saturated rings. The molecule has 6 heteroatoms. The maximum absolute atomic E-state index is 11.8. The molecule has 5 nitrogen and oxygen atoms in total. The van der Waals surface area contributed by atoms with Crippen LogP contribution < -0.4 is 10.6 Å². The third-order valence-electron chi connectivity index (χ3n) is 2.27. The summed E-state index contributed by atoms with van der Waals surface area (Å²) in [5.41, 5.74) is 0.210. The highest BCUT2D eigenvalue weighted by atomic mass is 35.5. The molecule has 0 spiro atoms. The monoisotopic (exact) mass is 257 g/mol. The summed E-state index contributed by atoms with van der Waals surface area (Å²) in [6.07, 6.45) is -0.0507. The number of anilines is 1. The SMILES string of the molecule is CNc1ccc(Cl)c(C(=O)NCC(C)OC)n1. The minimum Gasteiger partial charge on any atom is -0.380 e. The fourth-order valence-corrected chi connectivity index (χ4v) is 1.34. The summed E-state index contributed by atoms with van der Waals surface area (Å²) in [6, 6.07) is 3.34. The van der Waals surface area contributed by atoms with Crippen LogP contribution in [0.4, 0.5) is 5.82 Å². The van der Waals surface area contributed by atoms with E-state index in [-0.39, 0.29) is 17.7 Å². The normalized spacial score (nSPS) is 12.0. The molecule has 1 amide bonds. The van der Waals surface area contributed by atoms with Crippen LogP contribution in [-0.4, -0.2) is 37.7 Å². The van der Waals surface area contributed by atoms with Crippen LogP contribution in [0.2, 0.25) is 5.02 Å². The second-order valence-electron chi connectivity index (χ2n) is 3.53. The molecule has 1 aromatic rings. The number of carbonyl (C=O) groups excluding carboxylic acids is 1. The Kier molecular flexibility index (Phi) is 5.18. The Morgan fingerprint density at radius 2 is 2.29 bits per heavy atom. The summed E-state index contributed by atoms with van der Waals surface area (Å²) in [5.74, 6) is 0.287. The lowest BCUT2D eigenvalue weighted by Crippen LogP contribution is -2.32. The predicted octanol–water partition coefficient (Wildman–Crippen LogP) is 1.54. The zero-order chi connectivity index (χ0) is 12.8. The summed E-state index contributed by atoms with van der Waals surface area (Å²) >= 11 is 5.91. The maximum atomic E-state index is 11.8. The zero-order valence-electron chi connectivity index (χ0n) is 10.1. The van der Waals surface area contributed by atoms with E-state index < -0.39 is 0 Å². The van der Waals surface area contributed by atoms with Gasteiger partial charge in [-0.3, -0.25) is 4.79 Å². The Bertz CT molecular complexity index is 398. The quantitative estimate of drug-likeness (QED) is 0.840. The number of amides is 1. The van der Waals surface area contributed by atoms with E-state index in [1.54, 1.807) is 26.3 Å². The van der Waals surface area contributed by atoms with E-state index in [4.69, 9.17) is 16.3 Å². The van der Waals surface area contributed by atoms with Gasteiger partial charge in [0.25, 0.3) is 5.91 Å². The van der Waals surface area contributed by atoms with Crippen LogP contribution in [0.1, 0.15) is 17.4 Å². The van der Waals surface area contributed by atoms with Crippen molar-refractivity contribution in [1.29, 1.82) is 0 Å². The number of halogens is 1. The number of carbonyl (C=O) groups is 1. The second kappa shape index (κ2) is 6.42. The molecule has 1 heterocycles. The van der Waals surface area contributed by atoms with Gasteiger partial charge in [0.15, 0.2) is 0 Å². The number of nitrogens with zero attached hydrogens (tertiary/aromatic N) is 1. The van der Waals surface area contributed by atoms with Gasteiger partial charge in [-0.05, 0) is 19.1 Å². The lowest BCUT2D eigenvalue weighted by molar-refractivity contribution is 0.0866. The molecule has 1 unspecified atom stereocenters. The van der Waals surface area contributed by atoms with Gasteiger partial charge in [0, 0.05) is 20.7 Å². The number of methoxy groups -OCH3 is 1. The molecular formula is C11H16ClN3O2. The van der Waals surface area contributed by atoms with Crippen molar-refractivity contribution in [1.82, 2.24) is 10.3 Å². The Hall–Kier alpha value is -1.33. The largest absolute Gasteiger partial charge is 0.380 e. The van der Waals surface area contributed by atoms with E-state index in [0.29, 0.717) is 17.4 Å². The van der Waals surface area contributed by atoms with Gasteiger partial charge < -0.3 is 15.4 Å². The average molecular weight is 258 g/mol. The molecule has 1 rings (SSSR count). The molecule has 0 radical (unpaired) electrons. The van der Waals surface area contributed by atoms with E-state index in [1.165, 1.54) is 0 Å². The van der Waals surface area contributed by atoms with Gasteiger partial charge in [0.2, 0.25) is 0 Å². The van der Waals surface area contributed by atoms with Crippen LogP contribution in [0.25, 0.3) is 0 Å².